The molecule has 0 amide bonds. The maximum atomic E-state index is 12.3. The van der Waals surface area contributed by atoms with E-state index in [2.05, 4.69) is 74.6 Å². The second-order valence-electron chi connectivity index (χ2n) is 23.2. The Morgan fingerprint density at radius 2 is 0.558 bits per heavy atom. The third kappa shape index (κ3) is 66.0. The van der Waals surface area contributed by atoms with Crippen LogP contribution in [0.15, 0.2) is 60.8 Å². The zero-order chi connectivity index (χ0) is 55.5. The predicted molar refractivity (Wildman–Crippen MR) is 339 cm³/mol. The Kier molecular flexibility index (Phi) is 65.8. The van der Waals surface area contributed by atoms with E-state index >= 15 is 0 Å². The molecule has 0 aliphatic heterocycles. The van der Waals surface area contributed by atoms with E-state index in [9.17, 15) is 14.7 Å². The van der Waals surface area contributed by atoms with E-state index in [1.165, 1.54) is 263 Å². The first-order valence-corrected chi connectivity index (χ1v) is 34.3. The number of esters is 2. The number of carbonyl (C=O) groups is 2. The fraction of sp³-hybridized carbons (Fsp3) is 0.833. The number of aliphatic hydroxyl groups excluding tert-OH is 1. The number of hydrogen-bond acceptors (Lipinski definition) is 5. The standard InChI is InChI=1S/C72H132O5/c1-3-5-7-9-11-13-15-17-19-21-23-25-27-28-29-30-31-32-33-34-35-36-37-38-39-40-41-42-43-45-46-48-50-52-54-56-58-60-62-64-66-71(74)76-69-70(68-73)77-72(75)67-65-63-61-59-57-55-53-51-49-47-44-26-24-22-20-18-16-14-12-10-8-6-4-2/h6,8,12,14,18,20,24,26,47,49,70,73H,3-5,7,9-11,13,15-17,19,21-23,25,27-46,48,50-69H2,1-2H3/b8-6-,14-12-,20-18-,26-24-,49-47-. The van der Waals surface area contributed by atoms with E-state index in [1.54, 1.807) is 0 Å². The van der Waals surface area contributed by atoms with Gasteiger partial charge < -0.3 is 14.6 Å². The molecule has 1 N–H and O–H groups in total. The van der Waals surface area contributed by atoms with Gasteiger partial charge in [0.1, 0.15) is 6.61 Å². The van der Waals surface area contributed by atoms with E-state index in [4.69, 9.17) is 9.47 Å². The molecular formula is C72H132O5. The van der Waals surface area contributed by atoms with Crippen molar-refractivity contribution < 1.29 is 24.2 Å². The Labute approximate surface area is 481 Å². The molecule has 5 heteroatoms. The molecule has 77 heavy (non-hydrogen) atoms. The topological polar surface area (TPSA) is 72.8 Å². The second kappa shape index (κ2) is 67.9. The van der Waals surface area contributed by atoms with Crippen LogP contribution in [0.4, 0.5) is 0 Å². The van der Waals surface area contributed by atoms with Crippen LogP contribution in [-0.4, -0.2) is 36.4 Å². The van der Waals surface area contributed by atoms with Crippen LogP contribution >= 0.6 is 0 Å². The van der Waals surface area contributed by atoms with Crippen molar-refractivity contribution in [3.63, 3.8) is 0 Å². The molecule has 1 atom stereocenters. The molecule has 0 aromatic carbocycles. The quantitative estimate of drug-likeness (QED) is 0.0373. The molecule has 0 aromatic heterocycles. The van der Waals surface area contributed by atoms with Gasteiger partial charge in [0, 0.05) is 12.8 Å². The first kappa shape index (κ1) is 74.6. The Morgan fingerprint density at radius 3 is 0.844 bits per heavy atom. The number of ether oxygens (including phenoxy) is 2. The van der Waals surface area contributed by atoms with Gasteiger partial charge in [0.2, 0.25) is 0 Å². The molecule has 5 nitrogen and oxygen atoms in total. The summed E-state index contributed by atoms with van der Waals surface area (Å²) >= 11 is 0. The smallest absolute Gasteiger partial charge is 0.306 e. The van der Waals surface area contributed by atoms with Crippen molar-refractivity contribution in [2.75, 3.05) is 13.2 Å². The molecular weight excluding hydrogens is 945 g/mol. The number of rotatable bonds is 64. The molecule has 0 heterocycles. The van der Waals surface area contributed by atoms with E-state index in [0.717, 1.165) is 77.0 Å². The maximum absolute atomic E-state index is 12.3. The highest BCUT2D eigenvalue weighted by Crippen LogP contribution is 2.19. The average molecular weight is 1080 g/mol. The monoisotopic (exact) mass is 1080 g/mol. The highest BCUT2D eigenvalue weighted by molar-refractivity contribution is 5.70. The first-order valence-electron chi connectivity index (χ1n) is 34.3. The van der Waals surface area contributed by atoms with Gasteiger partial charge in [-0.25, -0.2) is 0 Å². The summed E-state index contributed by atoms with van der Waals surface area (Å²) in [5.41, 5.74) is 0. The molecule has 0 saturated carbocycles. The Balaban J connectivity index is 3.38. The van der Waals surface area contributed by atoms with Crippen LogP contribution in [0.2, 0.25) is 0 Å². The van der Waals surface area contributed by atoms with Gasteiger partial charge in [-0.15, -0.1) is 0 Å². The normalized spacial score (nSPS) is 12.5. The highest BCUT2D eigenvalue weighted by Gasteiger charge is 2.16. The fourth-order valence-corrected chi connectivity index (χ4v) is 10.5. The Hall–Kier alpha value is -2.40. The lowest BCUT2D eigenvalue weighted by Gasteiger charge is -2.15. The van der Waals surface area contributed by atoms with E-state index in [-0.39, 0.29) is 25.2 Å². The van der Waals surface area contributed by atoms with E-state index in [0.29, 0.717) is 12.8 Å². The summed E-state index contributed by atoms with van der Waals surface area (Å²) in [4.78, 5) is 24.6. The molecule has 0 radical (unpaired) electrons. The van der Waals surface area contributed by atoms with Gasteiger partial charge in [-0.3, -0.25) is 9.59 Å². The fourth-order valence-electron chi connectivity index (χ4n) is 10.5. The SMILES string of the molecule is CC/C=C\C/C=C\C/C=C\C/C=C\C/C=C\CCCCCCCCCC(=O)OC(CO)COC(=O)CCCCCCCCCCCCCCCCCCCCCCCCCCCCCCCCCCCCCCCCCC. The summed E-state index contributed by atoms with van der Waals surface area (Å²) in [5, 5.41) is 9.68. The molecule has 0 aliphatic carbocycles. The first-order chi connectivity index (χ1) is 38.1. The number of aliphatic hydroxyl groups is 1. The van der Waals surface area contributed by atoms with Crippen molar-refractivity contribution in [2.45, 2.75) is 373 Å². The second-order valence-corrected chi connectivity index (χ2v) is 23.2. The summed E-state index contributed by atoms with van der Waals surface area (Å²) in [6.45, 7) is 4.06. The van der Waals surface area contributed by atoms with Crippen molar-refractivity contribution in [1.29, 1.82) is 0 Å². The molecule has 0 fully saturated rings. The Morgan fingerprint density at radius 1 is 0.312 bits per heavy atom. The number of allylic oxidation sites excluding steroid dienone is 10. The lowest BCUT2D eigenvalue weighted by molar-refractivity contribution is -0.161. The van der Waals surface area contributed by atoms with Gasteiger partial charge in [0.25, 0.3) is 0 Å². The molecule has 0 saturated heterocycles. The average Bonchev–Trinajstić information content (AvgIpc) is 3.43. The lowest BCUT2D eigenvalue weighted by atomic mass is 10.0. The van der Waals surface area contributed by atoms with Gasteiger partial charge in [0.05, 0.1) is 6.61 Å². The minimum Gasteiger partial charge on any atom is -0.462 e. The van der Waals surface area contributed by atoms with Crippen LogP contribution in [0.1, 0.15) is 367 Å². The summed E-state index contributed by atoms with van der Waals surface area (Å²) in [6, 6.07) is 0. The maximum Gasteiger partial charge on any atom is 0.306 e. The minimum atomic E-state index is -0.781. The molecule has 1 unspecified atom stereocenters. The largest absolute Gasteiger partial charge is 0.462 e. The van der Waals surface area contributed by atoms with Crippen LogP contribution in [0.25, 0.3) is 0 Å². The van der Waals surface area contributed by atoms with Crippen molar-refractivity contribution >= 4 is 11.9 Å². The summed E-state index contributed by atoms with van der Waals surface area (Å²) < 4.78 is 10.7. The van der Waals surface area contributed by atoms with Gasteiger partial charge in [-0.05, 0) is 57.8 Å². The van der Waals surface area contributed by atoms with Gasteiger partial charge >= 0.3 is 11.9 Å². The molecule has 0 bridgehead atoms. The molecule has 0 aromatic rings. The summed E-state index contributed by atoms with van der Waals surface area (Å²) in [6.07, 6.45) is 92.7. The van der Waals surface area contributed by atoms with Crippen LogP contribution in [0, 0.1) is 0 Å². The van der Waals surface area contributed by atoms with Crippen molar-refractivity contribution in [1.82, 2.24) is 0 Å². The number of carbonyl (C=O) groups excluding carboxylic acids is 2. The van der Waals surface area contributed by atoms with Gasteiger partial charge in [-0.2, -0.15) is 0 Å². The van der Waals surface area contributed by atoms with Gasteiger partial charge in [0.15, 0.2) is 6.10 Å². The molecule has 0 rings (SSSR count). The summed E-state index contributed by atoms with van der Waals surface area (Å²) in [7, 11) is 0. The third-order valence-electron chi connectivity index (χ3n) is 15.6. The molecule has 0 spiro atoms. The van der Waals surface area contributed by atoms with E-state index < -0.39 is 6.10 Å². The zero-order valence-corrected chi connectivity index (χ0v) is 51.7. The van der Waals surface area contributed by atoms with Crippen molar-refractivity contribution in [2.24, 2.45) is 0 Å². The highest BCUT2D eigenvalue weighted by atomic mass is 16.6. The van der Waals surface area contributed by atoms with Crippen LogP contribution in [0.5, 0.6) is 0 Å². The minimum absolute atomic E-state index is 0.0690. The van der Waals surface area contributed by atoms with E-state index in [1.807, 2.05) is 0 Å². The molecule has 0 aliphatic rings. The van der Waals surface area contributed by atoms with Crippen molar-refractivity contribution in [3.8, 4) is 0 Å². The lowest BCUT2D eigenvalue weighted by Crippen LogP contribution is -2.28. The predicted octanol–water partition coefficient (Wildman–Crippen LogP) is 23.7. The van der Waals surface area contributed by atoms with Crippen LogP contribution in [-0.2, 0) is 19.1 Å². The third-order valence-corrected chi connectivity index (χ3v) is 15.6. The number of unbranched alkanes of at least 4 members (excludes halogenated alkanes) is 46. The zero-order valence-electron chi connectivity index (χ0n) is 51.7. The van der Waals surface area contributed by atoms with Crippen LogP contribution < -0.4 is 0 Å². The van der Waals surface area contributed by atoms with Crippen molar-refractivity contribution in [3.05, 3.63) is 60.8 Å². The molecule has 450 valence electrons. The Bertz CT molecular complexity index is 1310. The summed E-state index contributed by atoms with van der Waals surface area (Å²) in [5.74, 6) is -0.590. The van der Waals surface area contributed by atoms with Gasteiger partial charge in [-0.1, -0.05) is 357 Å². The van der Waals surface area contributed by atoms with Crippen LogP contribution in [0.3, 0.4) is 0 Å². The number of hydrogen-bond donors (Lipinski definition) is 1.